The summed E-state index contributed by atoms with van der Waals surface area (Å²) in [6.45, 7) is 7.92. The Kier molecular flexibility index (Phi) is 12.9. The monoisotopic (exact) mass is 504 g/mol. The van der Waals surface area contributed by atoms with E-state index < -0.39 is 5.97 Å². The summed E-state index contributed by atoms with van der Waals surface area (Å²) in [7, 11) is 0. The second-order valence-electron chi connectivity index (χ2n) is 8.07. The highest BCUT2D eigenvalue weighted by molar-refractivity contribution is 6.32. The molecule has 0 saturated heterocycles. The second-order valence-corrected chi connectivity index (χ2v) is 8.48. The van der Waals surface area contributed by atoms with Crippen molar-refractivity contribution in [2.75, 3.05) is 26.4 Å². The van der Waals surface area contributed by atoms with E-state index in [1.54, 1.807) is 25.1 Å². The van der Waals surface area contributed by atoms with Gasteiger partial charge in [0.05, 0.1) is 31.5 Å². The average Bonchev–Trinajstić information content (AvgIpc) is 2.84. The van der Waals surface area contributed by atoms with Crippen LogP contribution in [0.2, 0.25) is 5.02 Å². The highest BCUT2D eigenvalue weighted by atomic mass is 35.5. The lowest BCUT2D eigenvalue weighted by Crippen LogP contribution is -2.06. The summed E-state index contributed by atoms with van der Waals surface area (Å²) in [6.07, 6.45) is 7.37. The van der Waals surface area contributed by atoms with Gasteiger partial charge in [0.1, 0.15) is 5.75 Å². The Bertz CT molecular complexity index is 956. The predicted octanol–water partition coefficient (Wildman–Crippen LogP) is 7.17. The van der Waals surface area contributed by atoms with Crippen molar-refractivity contribution in [1.29, 1.82) is 0 Å². The number of halogens is 1. The molecule has 192 valence electrons. The van der Waals surface area contributed by atoms with Crippen molar-refractivity contribution in [3.63, 3.8) is 0 Å². The number of carbonyl (C=O) groups is 1. The summed E-state index contributed by atoms with van der Waals surface area (Å²) in [4.78, 5) is 11.4. The number of carboxylic acids is 1. The molecular weight excluding hydrogens is 468 g/mol. The van der Waals surface area contributed by atoms with E-state index in [0.29, 0.717) is 54.1 Å². The van der Waals surface area contributed by atoms with Crippen molar-refractivity contribution in [1.82, 2.24) is 0 Å². The van der Waals surface area contributed by atoms with Crippen LogP contribution in [0.3, 0.4) is 0 Å². The van der Waals surface area contributed by atoms with Crippen molar-refractivity contribution < 1.29 is 28.8 Å². The SMILES string of the molecule is CCCCCOc1ccc(CCOc2ccc(C=C(OCC)C(=O)O)cc2OCCCC)cc1Cl. The number of aliphatic carboxylic acids is 1. The van der Waals surface area contributed by atoms with Gasteiger partial charge in [-0.15, -0.1) is 0 Å². The first-order chi connectivity index (χ1) is 17.0. The number of hydrogen-bond acceptors (Lipinski definition) is 5. The molecule has 0 aromatic heterocycles. The van der Waals surface area contributed by atoms with Gasteiger partial charge in [-0.25, -0.2) is 4.79 Å². The van der Waals surface area contributed by atoms with E-state index in [4.69, 9.17) is 30.5 Å². The molecule has 0 aliphatic rings. The van der Waals surface area contributed by atoms with Gasteiger partial charge in [0, 0.05) is 6.42 Å². The van der Waals surface area contributed by atoms with Gasteiger partial charge in [-0.05, 0) is 61.2 Å². The van der Waals surface area contributed by atoms with E-state index in [1.807, 2.05) is 18.2 Å². The molecule has 0 atom stereocenters. The van der Waals surface area contributed by atoms with Gasteiger partial charge < -0.3 is 24.1 Å². The number of rotatable bonds is 17. The minimum absolute atomic E-state index is 0.115. The lowest BCUT2D eigenvalue weighted by molar-refractivity contribution is -0.136. The highest BCUT2D eigenvalue weighted by Crippen LogP contribution is 2.31. The highest BCUT2D eigenvalue weighted by Gasteiger charge is 2.12. The number of unbranched alkanes of at least 4 members (excludes halogenated alkanes) is 3. The van der Waals surface area contributed by atoms with Crippen molar-refractivity contribution in [2.24, 2.45) is 0 Å². The smallest absolute Gasteiger partial charge is 0.371 e. The number of ether oxygens (including phenoxy) is 4. The van der Waals surface area contributed by atoms with Crippen molar-refractivity contribution in [2.45, 2.75) is 59.3 Å². The van der Waals surface area contributed by atoms with Crippen LogP contribution in [0.1, 0.15) is 64.0 Å². The fourth-order valence-corrected chi connectivity index (χ4v) is 3.53. The van der Waals surface area contributed by atoms with Crippen LogP contribution in [-0.4, -0.2) is 37.5 Å². The molecule has 0 aliphatic heterocycles. The molecule has 2 rings (SSSR count). The zero-order valence-electron chi connectivity index (χ0n) is 21.0. The Balaban J connectivity index is 2.05. The van der Waals surface area contributed by atoms with Gasteiger partial charge in [-0.2, -0.15) is 0 Å². The van der Waals surface area contributed by atoms with E-state index in [-0.39, 0.29) is 12.4 Å². The molecule has 2 aromatic carbocycles. The van der Waals surface area contributed by atoms with Crippen LogP contribution in [0.4, 0.5) is 0 Å². The predicted molar refractivity (Wildman–Crippen MR) is 140 cm³/mol. The molecule has 0 unspecified atom stereocenters. The largest absolute Gasteiger partial charge is 0.492 e. The van der Waals surface area contributed by atoms with Crippen LogP contribution in [0.25, 0.3) is 6.08 Å². The average molecular weight is 505 g/mol. The standard InChI is InChI=1S/C28H37ClO6/c1-4-7-9-16-33-24-12-10-21(18-23(24)29)14-17-35-25-13-11-22(19-26(25)34-15-8-5-2)20-27(28(30)31)32-6-3/h10-13,18-20H,4-9,14-17H2,1-3H3,(H,30,31). The Labute approximate surface area is 213 Å². The second kappa shape index (κ2) is 15.9. The maximum atomic E-state index is 11.4. The molecule has 1 N–H and O–H groups in total. The summed E-state index contributed by atoms with van der Waals surface area (Å²) < 4.78 is 22.9. The molecule has 0 saturated carbocycles. The lowest BCUT2D eigenvalue weighted by Gasteiger charge is -2.14. The van der Waals surface area contributed by atoms with E-state index in [0.717, 1.165) is 37.7 Å². The first-order valence-electron chi connectivity index (χ1n) is 12.4. The molecule has 0 spiro atoms. The minimum atomic E-state index is -1.11. The van der Waals surface area contributed by atoms with Crippen LogP contribution >= 0.6 is 11.6 Å². The van der Waals surface area contributed by atoms with Gasteiger partial charge in [0.25, 0.3) is 0 Å². The third kappa shape index (κ3) is 10.1. The fourth-order valence-electron chi connectivity index (χ4n) is 3.27. The quantitative estimate of drug-likeness (QED) is 0.140. The molecule has 35 heavy (non-hydrogen) atoms. The van der Waals surface area contributed by atoms with E-state index in [2.05, 4.69) is 13.8 Å². The van der Waals surface area contributed by atoms with Crippen LogP contribution in [0.5, 0.6) is 17.2 Å². The molecule has 0 radical (unpaired) electrons. The molecule has 2 aromatic rings. The van der Waals surface area contributed by atoms with E-state index >= 15 is 0 Å². The van der Waals surface area contributed by atoms with Crippen LogP contribution in [0, 0.1) is 0 Å². The van der Waals surface area contributed by atoms with Gasteiger partial charge in [0.2, 0.25) is 5.76 Å². The molecule has 0 fully saturated rings. The third-order valence-corrected chi connectivity index (χ3v) is 5.48. The zero-order valence-corrected chi connectivity index (χ0v) is 21.7. The van der Waals surface area contributed by atoms with Gasteiger partial charge in [-0.1, -0.05) is 56.8 Å². The van der Waals surface area contributed by atoms with E-state index in [1.165, 1.54) is 6.08 Å². The zero-order chi connectivity index (χ0) is 25.5. The van der Waals surface area contributed by atoms with Crippen LogP contribution in [-0.2, 0) is 16.0 Å². The Morgan fingerprint density at radius 3 is 2.23 bits per heavy atom. The van der Waals surface area contributed by atoms with Gasteiger partial charge in [0.15, 0.2) is 11.5 Å². The summed E-state index contributed by atoms with van der Waals surface area (Å²) in [6, 6.07) is 11.2. The van der Waals surface area contributed by atoms with Crippen LogP contribution < -0.4 is 14.2 Å². The number of carboxylic acid groups (broad SMARTS) is 1. The molecule has 6 nitrogen and oxygen atoms in total. The minimum Gasteiger partial charge on any atom is -0.492 e. The molecule has 0 aliphatic carbocycles. The fraction of sp³-hybridized carbons (Fsp3) is 0.464. The van der Waals surface area contributed by atoms with Gasteiger partial charge >= 0.3 is 5.97 Å². The maximum absolute atomic E-state index is 11.4. The summed E-state index contributed by atoms with van der Waals surface area (Å²) >= 11 is 6.39. The third-order valence-electron chi connectivity index (χ3n) is 5.18. The topological polar surface area (TPSA) is 74.2 Å². The van der Waals surface area contributed by atoms with Crippen molar-refractivity contribution >= 4 is 23.6 Å². The molecule has 0 amide bonds. The van der Waals surface area contributed by atoms with Crippen molar-refractivity contribution in [3.8, 4) is 17.2 Å². The Hall–Kier alpha value is -2.86. The van der Waals surface area contributed by atoms with Crippen molar-refractivity contribution in [3.05, 3.63) is 58.3 Å². The summed E-state index contributed by atoms with van der Waals surface area (Å²) in [5, 5.41) is 9.92. The molecular formula is C28H37ClO6. The maximum Gasteiger partial charge on any atom is 0.371 e. The number of hydrogen-bond donors (Lipinski definition) is 1. The molecule has 7 heteroatoms. The Morgan fingerprint density at radius 2 is 1.54 bits per heavy atom. The molecule has 0 bridgehead atoms. The Morgan fingerprint density at radius 1 is 0.857 bits per heavy atom. The first-order valence-corrected chi connectivity index (χ1v) is 12.7. The molecule has 0 heterocycles. The summed E-state index contributed by atoms with van der Waals surface area (Å²) in [5.41, 5.74) is 1.71. The number of benzene rings is 2. The summed E-state index contributed by atoms with van der Waals surface area (Å²) in [5.74, 6) is 0.651. The first kappa shape index (κ1) is 28.4. The van der Waals surface area contributed by atoms with E-state index in [9.17, 15) is 9.90 Å². The van der Waals surface area contributed by atoms with Crippen LogP contribution in [0.15, 0.2) is 42.2 Å². The lowest BCUT2D eigenvalue weighted by atomic mass is 10.1. The van der Waals surface area contributed by atoms with Gasteiger partial charge in [-0.3, -0.25) is 0 Å². The normalized spacial score (nSPS) is 11.3.